The number of benzene rings is 1. The number of aliphatic carboxylic acids is 1. The van der Waals surface area contributed by atoms with Gasteiger partial charge in [-0.15, -0.1) is 0 Å². The molecule has 1 aromatic carbocycles. The second-order valence-electron chi connectivity index (χ2n) is 3.77. The lowest BCUT2D eigenvalue weighted by atomic mass is 10.1. The Kier molecular flexibility index (Phi) is 5.17. The average molecular weight is 277 g/mol. The molecular formula is C12H14F3NO3. The van der Waals surface area contributed by atoms with Gasteiger partial charge in [-0.1, -0.05) is 12.1 Å². The summed E-state index contributed by atoms with van der Waals surface area (Å²) in [5.41, 5.74) is 0.236. The minimum Gasteiger partial charge on any atom is -0.494 e. The van der Waals surface area contributed by atoms with E-state index in [-0.39, 0.29) is 5.56 Å². The highest BCUT2D eigenvalue weighted by Gasteiger charge is 2.30. The molecule has 0 aliphatic carbocycles. The SMILES string of the molecule is CCOc1ccc(C(NCC(F)(F)F)C(=O)O)cc1. The van der Waals surface area contributed by atoms with Crippen molar-refractivity contribution in [2.24, 2.45) is 0 Å². The van der Waals surface area contributed by atoms with Gasteiger partial charge in [0.1, 0.15) is 11.8 Å². The van der Waals surface area contributed by atoms with Crippen LogP contribution in [0.4, 0.5) is 13.2 Å². The average Bonchev–Trinajstić information content (AvgIpc) is 2.30. The predicted octanol–water partition coefficient (Wildman–Crippen LogP) is 2.36. The summed E-state index contributed by atoms with van der Waals surface area (Å²) in [6.07, 6.45) is -4.46. The van der Waals surface area contributed by atoms with E-state index >= 15 is 0 Å². The van der Waals surface area contributed by atoms with E-state index in [1.165, 1.54) is 24.3 Å². The molecule has 1 rings (SSSR count). The van der Waals surface area contributed by atoms with E-state index in [2.05, 4.69) is 0 Å². The van der Waals surface area contributed by atoms with Crippen molar-refractivity contribution in [3.05, 3.63) is 29.8 Å². The normalized spacial score (nSPS) is 13.1. The van der Waals surface area contributed by atoms with Gasteiger partial charge >= 0.3 is 12.1 Å². The Hall–Kier alpha value is -1.76. The van der Waals surface area contributed by atoms with Crippen LogP contribution in [-0.2, 0) is 4.79 Å². The van der Waals surface area contributed by atoms with E-state index in [0.717, 1.165) is 0 Å². The van der Waals surface area contributed by atoms with Crippen LogP contribution in [0.3, 0.4) is 0 Å². The smallest absolute Gasteiger partial charge is 0.401 e. The third-order valence-corrected chi connectivity index (χ3v) is 2.28. The number of nitrogens with one attached hydrogen (secondary N) is 1. The number of carboxylic acids is 1. The van der Waals surface area contributed by atoms with Crippen LogP contribution in [0.2, 0.25) is 0 Å². The van der Waals surface area contributed by atoms with Crippen LogP contribution in [0.1, 0.15) is 18.5 Å². The maximum absolute atomic E-state index is 12.1. The number of carbonyl (C=O) groups is 1. The molecule has 4 nitrogen and oxygen atoms in total. The molecule has 2 N–H and O–H groups in total. The molecule has 106 valence electrons. The fourth-order valence-corrected chi connectivity index (χ4v) is 1.49. The van der Waals surface area contributed by atoms with E-state index in [1.807, 2.05) is 5.32 Å². The van der Waals surface area contributed by atoms with Crippen molar-refractivity contribution in [1.82, 2.24) is 5.32 Å². The van der Waals surface area contributed by atoms with E-state index in [9.17, 15) is 18.0 Å². The van der Waals surface area contributed by atoms with Crippen LogP contribution in [0.25, 0.3) is 0 Å². The van der Waals surface area contributed by atoms with Gasteiger partial charge in [-0.25, -0.2) is 0 Å². The molecule has 0 saturated carbocycles. The first-order valence-electron chi connectivity index (χ1n) is 5.59. The third kappa shape index (κ3) is 5.17. The molecule has 0 aromatic heterocycles. The lowest BCUT2D eigenvalue weighted by Gasteiger charge is -2.16. The highest BCUT2D eigenvalue weighted by Crippen LogP contribution is 2.20. The van der Waals surface area contributed by atoms with Gasteiger partial charge in [-0.2, -0.15) is 13.2 Å². The summed E-state index contributed by atoms with van der Waals surface area (Å²) in [6, 6.07) is 4.48. The molecule has 0 amide bonds. The summed E-state index contributed by atoms with van der Waals surface area (Å²) < 4.78 is 41.4. The number of rotatable bonds is 6. The van der Waals surface area contributed by atoms with Gasteiger partial charge in [0.15, 0.2) is 0 Å². The van der Waals surface area contributed by atoms with E-state index in [0.29, 0.717) is 12.4 Å². The van der Waals surface area contributed by atoms with E-state index in [1.54, 1.807) is 6.92 Å². The predicted molar refractivity (Wildman–Crippen MR) is 62.0 cm³/mol. The zero-order valence-corrected chi connectivity index (χ0v) is 10.2. The minimum absolute atomic E-state index is 0.236. The van der Waals surface area contributed by atoms with Crippen molar-refractivity contribution in [2.75, 3.05) is 13.2 Å². The molecule has 19 heavy (non-hydrogen) atoms. The van der Waals surface area contributed by atoms with Crippen molar-refractivity contribution in [2.45, 2.75) is 19.1 Å². The molecule has 0 aliphatic heterocycles. The fraction of sp³-hybridized carbons (Fsp3) is 0.417. The summed E-state index contributed by atoms with van der Waals surface area (Å²) in [6.45, 7) is 0.879. The first-order valence-corrected chi connectivity index (χ1v) is 5.59. The Morgan fingerprint density at radius 1 is 1.37 bits per heavy atom. The Morgan fingerprint density at radius 2 is 1.95 bits per heavy atom. The van der Waals surface area contributed by atoms with Crippen LogP contribution in [-0.4, -0.2) is 30.4 Å². The van der Waals surface area contributed by atoms with Crippen LogP contribution in [0.5, 0.6) is 5.75 Å². The van der Waals surface area contributed by atoms with E-state index in [4.69, 9.17) is 9.84 Å². The molecule has 0 bridgehead atoms. The zero-order valence-electron chi connectivity index (χ0n) is 10.2. The van der Waals surface area contributed by atoms with Gasteiger partial charge in [0.25, 0.3) is 0 Å². The highest BCUT2D eigenvalue weighted by atomic mass is 19.4. The Balaban J connectivity index is 2.78. The molecule has 0 spiro atoms. The number of halogens is 3. The lowest BCUT2D eigenvalue weighted by Crippen LogP contribution is -2.35. The van der Waals surface area contributed by atoms with Crippen molar-refractivity contribution in [3.63, 3.8) is 0 Å². The first kappa shape index (κ1) is 15.3. The summed E-state index contributed by atoms with van der Waals surface area (Å²) >= 11 is 0. The fourth-order valence-electron chi connectivity index (χ4n) is 1.49. The Labute approximate surface area is 108 Å². The third-order valence-electron chi connectivity index (χ3n) is 2.28. The van der Waals surface area contributed by atoms with Crippen LogP contribution >= 0.6 is 0 Å². The van der Waals surface area contributed by atoms with Gasteiger partial charge in [0.2, 0.25) is 0 Å². The number of hydrogen-bond acceptors (Lipinski definition) is 3. The molecule has 7 heteroatoms. The second-order valence-corrected chi connectivity index (χ2v) is 3.77. The molecule has 0 radical (unpaired) electrons. The van der Waals surface area contributed by atoms with Crippen molar-refractivity contribution < 1.29 is 27.8 Å². The summed E-state index contributed by atoms with van der Waals surface area (Å²) in [4.78, 5) is 11.0. The molecule has 0 aliphatic rings. The van der Waals surface area contributed by atoms with Gasteiger partial charge in [-0.05, 0) is 24.6 Å². The number of ether oxygens (including phenoxy) is 1. The maximum Gasteiger partial charge on any atom is 0.401 e. The van der Waals surface area contributed by atoms with Crippen LogP contribution in [0.15, 0.2) is 24.3 Å². The zero-order chi connectivity index (χ0) is 14.5. The summed E-state index contributed by atoms with van der Waals surface area (Å²) in [5.74, 6) is -0.834. The number of alkyl halides is 3. The van der Waals surface area contributed by atoms with Gasteiger partial charge < -0.3 is 9.84 Å². The molecular weight excluding hydrogens is 263 g/mol. The Bertz CT molecular complexity index is 417. The molecule has 0 fully saturated rings. The van der Waals surface area contributed by atoms with Crippen molar-refractivity contribution in [1.29, 1.82) is 0 Å². The van der Waals surface area contributed by atoms with Gasteiger partial charge in [0.05, 0.1) is 13.2 Å². The quantitative estimate of drug-likeness (QED) is 0.838. The molecule has 1 aromatic rings. The van der Waals surface area contributed by atoms with Crippen LogP contribution < -0.4 is 10.1 Å². The Morgan fingerprint density at radius 3 is 2.37 bits per heavy atom. The largest absolute Gasteiger partial charge is 0.494 e. The molecule has 1 atom stereocenters. The number of hydrogen-bond donors (Lipinski definition) is 2. The van der Waals surface area contributed by atoms with E-state index < -0.39 is 24.7 Å². The minimum atomic E-state index is -4.46. The van der Waals surface area contributed by atoms with Crippen LogP contribution in [0, 0.1) is 0 Å². The molecule has 0 saturated heterocycles. The maximum atomic E-state index is 12.1. The lowest BCUT2D eigenvalue weighted by molar-refractivity contribution is -0.143. The first-order chi connectivity index (χ1) is 8.83. The van der Waals surface area contributed by atoms with Gasteiger partial charge in [-0.3, -0.25) is 10.1 Å². The monoisotopic (exact) mass is 277 g/mol. The second kappa shape index (κ2) is 6.42. The summed E-state index contributed by atoms with van der Waals surface area (Å²) in [5, 5.41) is 10.9. The number of carboxylic acid groups (broad SMARTS) is 1. The van der Waals surface area contributed by atoms with Crippen molar-refractivity contribution >= 4 is 5.97 Å². The van der Waals surface area contributed by atoms with Gasteiger partial charge in [0, 0.05) is 0 Å². The molecule has 1 unspecified atom stereocenters. The summed E-state index contributed by atoms with van der Waals surface area (Å²) in [7, 11) is 0. The van der Waals surface area contributed by atoms with Crippen molar-refractivity contribution in [3.8, 4) is 5.75 Å². The highest BCUT2D eigenvalue weighted by molar-refractivity contribution is 5.75. The topological polar surface area (TPSA) is 58.6 Å². The standard InChI is InChI=1S/C12H14F3NO3/c1-2-19-9-5-3-8(4-6-9)10(11(17)18)16-7-12(13,14)15/h3-6,10,16H,2,7H2,1H3,(H,17,18). The molecule has 0 heterocycles.